The third-order valence-corrected chi connectivity index (χ3v) is 5.21. The molecule has 0 spiro atoms. The van der Waals surface area contributed by atoms with Gasteiger partial charge in [0, 0.05) is 5.56 Å². The third-order valence-electron chi connectivity index (χ3n) is 4.24. The smallest absolute Gasteiger partial charge is 0.265 e. The number of carbonyl (C=O) groups is 1. The lowest BCUT2D eigenvalue weighted by atomic mass is 10.1. The van der Waals surface area contributed by atoms with E-state index in [4.69, 9.17) is 4.74 Å². The Morgan fingerprint density at radius 1 is 1.04 bits per heavy atom. The van der Waals surface area contributed by atoms with Crippen molar-refractivity contribution >= 4 is 22.9 Å². The molecular weight excluding hydrogens is 361 g/mol. The maximum absolute atomic E-state index is 13.8. The fourth-order valence-corrected chi connectivity index (χ4v) is 3.83. The molecule has 3 aromatic rings. The van der Waals surface area contributed by atoms with E-state index in [2.05, 4.69) is 24.4 Å². The Kier molecular flexibility index (Phi) is 5.61. The fourth-order valence-electron chi connectivity index (χ4n) is 3.04. The molecule has 2 aromatic carbocycles. The van der Waals surface area contributed by atoms with Gasteiger partial charge in [0.05, 0.1) is 10.6 Å². The number of thiophene rings is 1. The quantitative estimate of drug-likeness (QED) is 0.591. The molecule has 0 aliphatic carbocycles. The first-order chi connectivity index (χ1) is 12.8. The van der Waals surface area contributed by atoms with Gasteiger partial charge in [0.25, 0.3) is 5.91 Å². The first-order valence-electron chi connectivity index (χ1n) is 8.69. The minimum atomic E-state index is -0.445. The van der Waals surface area contributed by atoms with Crippen molar-refractivity contribution in [3.05, 3.63) is 80.3 Å². The molecule has 0 unspecified atom stereocenters. The van der Waals surface area contributed by atoms with Crippen molar-refractivity contribution in [1.82, 2.24) is 0 Å². The summed E-state index contributed by atoms with van der Waals surface area (Å²) in [6.45, 7) is 8.35. The van der Waals surface area contributed by atoms with Crippen LogP contribution >= 0.6 is 11.3 Å². The average molecular weight is 383 g/mol. The molecule has 0 aliphatic heterocycles. The van der Waals surface area contributed by atoms with Crippen LogP contribution in [0.4, 0.5) is 10.1 Å². The summed E-state index contributed by atoms with van der Waals surface area (Å²) < 4.78 is 19.8. The normalized spacial score (nSPS) is 10.7. The number of nitrogens with one attached hydrogen (secondary N) is 1. The highest BCUT2D eigenvalue weighted by atomic mass is 32.1. The number of hydrogen-bond donors (Lipinski definition) is 1. The molecule has 0 saturated heterocycles. The van der Waals surface area contributed by atoms with E-state index >= 15 is 0 Å². The van der Waals surface area contributed by atoms with Gasteiger partial charge < -0.3 is 10.1 Å². The van der Waals surface area contributed by atoms with E-state index in [9.17, 15) is 9.18 Å². The number of anilines is 1. The van der Waals surface area contributed by atoms with E-state index in [1.165, 1.54) is 23.0 Å². The molecule has 3 nitrogen and oxygen atoms in total. The Labute approximate surface area is 162 Å². The van der Waals surface area contributed by atoms with Gasteiger partial charge in [-0.3, -0.25) is 4.79 Å². The van der Waals surface area contributed by atoms with E-state index in [-0.39, 0.29) is 11.6 Å². The van der Waals surface area contributed by atoms with Crippen molar-refractivity contribution in [3.8, 4) is 5.75 Å². The number of carbonyl (C=O) groups excluding carboxylic acids is 1. The summed E-state index contributed by atoms with van der Waals surface area (Å²) in [7, 11) is 0. The lowest BCUT2D eigenvalue weighted by Crippen LogP contribution is -2.11. The number of halogens is 1. The minimum Gasteiger partial charge on any atom is -0.488 e. The highest BCUT2D eigenvalue weighted by Crippen LogP contribution is 2.26. The second-order valence-electron chi connectivity index (χ2n) is 6.77. The van der Waals surface area contributed by atoms with Gasteiger partial charge in [0.1, 0.15) is 18.2 Å². The molecule has 0 atom stereocenters. The van der Waals surface area contributed by atoms with Crippen LogP contribution in [0.15, 0.2) is 41.8 Å². The van der Waals surface area contributed by atoms with Gasteiger partial charge in [-0.2, -0.15) is 0 Å². The predicted molar refractivity (Wildman–Crippen MR) is 108 cm³/mol. The van der Waals surface area contributed by atoms with Gasteiger partial charge in [0.15, 0.2) is 0 Å². The molecule has 0 radical (unpaired) electrons. The monoisotopic (exact) mass is 383 g/mol. The van der Waals surface area contributed by atoms with Crippen molar-refractivity contribution in [3.63, 3.8) is 0 Å². The van der Waals surface area contributed by atoms with Crippen LogP contribution in [-0.4, -0.2) is 5.91 Å². The van der Waals surface area contributed by atoms with Gasteiger partial charge in [-0.1, -0.05) is 23.8 Å². The zero-order valence-corrected chi connectivity index (χ0v) is 16.7. The van der Waals surface area contributed by atoms with Crippen LogP contribution in [0.25, 0.3) is 0 Å². The zero-order valence-electron chi connectivity index (χ0n) is 15.9. The molecule has 0 fully saturated rings. The van der Waals surface area contributed by atoms with Gasteiger partial charge in [0.2, 0.25) is 0 Å². The van der Waals surface area contributed by atoms with E-state index in [1.54, 1.807) is 18.2 Å². The molecule has 0 bridgehead atoms. The van der Waals surface area contributed by atoms with Crippen LogP contribution in [0.3, 0.4) is 0 Å². The number of amides is 1. The number of benzene rings is 2. The van der Waals surface area contributed by atoms with Crippen molar-refractivity contribution in [1.29, 1.82) is 0 Å². The first kappa shape index (κ1) is 19.1. The number of aryl methyl sites for hydroxylation is 4. The van der Waals surface area contributed by atoms with Crippen molar-refractivity contribution in [2.24, 2.45) is 0 Å². The predicted octanol–water partition coefficient (Wildman–Crippen LogP) is 5.95. The SMILES string of the molecule is Cc1cc(C)c(OCc2csc(C(=O)Nc3cc(C)ccc3F)c2)c(C)c1. The highest BCUT2D eigenvalue weighted by molar-refractivity contribution is 7.12. The third kappa shape index (κ3) is 4.55. The summed E-state index contributed by atoms with van der Waals surface area (Å²) in [5.74, 6) is 0.109. The van der Waals surface area contributed by atoms with E-state index < -0.39 is 5.82 Å². The Balaban J connectivity index is 1.68. The molecular formula is C22H22FNO2S. The number of ether oxygens (including phenoxy) is 1. The van der Waals surface area contributed by atoms with Gasteiger partial charge >= 0.3 is 0 Å². The van der Waals surface area contributed by atoms with Crippen molar-refractivity contribution < 1.29 is 13.9 Å². The van der Waals surface area contributed by atoms with Gasteiger partial charge in [-0.25, -0.2) is 4.39 Å². The standard InChI is InChI=1S/C22H22FNO2S/c1-13-5-6-18(23)19(9-13)24-22(25)20-10-17(12-27-20)11-26-21-15(3)7-14(2)8-16(21)4/h5-10,12H,11H2,1-4H3,(H,24,25). The van der Waals surface area contributed by atoms with Crippen LogP contribution in [0.2, 0.25) is 0 Å². The van der Waals surface area contributed by atoms with Crippen molar-refractivity contribution in [2.45, 2.75) is 34.3 Å². The Hall–Kier alpha value is -2.66. The topological polar surface area (TPSA) is 38.3 Å². The minimum absolute atomic E-state index is 0.192. The van der Waals surface area contributed by atoms with E-state index in [1.807, 2.05) is 26.2 Å². The lowest BCUT2D eigenvalue weighted by molar-refractivity contribution is 0.103. The zero-order chi connectivity index (χ0) is 19.6. The summed E-state index contributed by atoms with van der Waals surface area (Å²) in [6.07, 6.45) is 0. The van der Waals surface area contributed by atoms with Crippen LogP contribution < -0.4 is 10.1 Å². The molecule has 0 saturated carbocycles. The number of hydrogen-bond acceptors (Lipinski definition) is 3. The Bertz CT molecular complexity index is 971. The molecule has 1 aromatic heterocycles. The lowest BCUT2D eigenvalue weighted by Gasteiger charge is -2.12. The largest absolute Gasteiger partial charge is 0.488 e. The van der Waals surface area contributed by atoms with E-state index in [0.717, 1.165) is 28.0 Å². The van der Waals surface area contributed by atoms with Crippen LogP contribution in [-0.2, 0) is 6.61 Å². The van der Waals surface area contributed by atoms with Crippen LogP contribution in [0.1, 0.15) is 37.5 Å². The summed E-state index contributed by atoms with van der Waals surface area (Å²) in [4.78, 5) is 12.9. The molecule has 1 amide bonds. The summed E-state index contributed by atoms with van der Waals surface area (Å²) in [5, 5.41) is 4.52. The Morgan fingerprint density at radius 3 is 2.44 bits per heavy atom. The maximum atomic E-state index is 13.8. The molecule has 27 heavy (non-hydrogen) atoms. The van der Waals surface area contributed by atoms with Crippen LogP contribution in [0.5, 0.6) is 5.75 Å². The van der Waals surface area contributed by atoms with Gasteiger partial charge in [-0.15, -0.1) is 11.3 Å². The summed E-state index contributed by atoms with van der Waals surface area (Å²) in [5.41, 5.74) is 5.38. The summed E-state index contributed by atoms with van der Waals surface area (Å²) in [6, 6.07) is 10.6. The maximum Gasteiger partial charge on any atom is 0.265 e. The molecule has 1 N–H and O–H groups in total. The molecule has 3 rings (SSSR count). The second kappa shape index (κ2) is 7.92. The Morgan fingerprint density at radius 2 is 1.74 bits per heavy atom. The summed E-state index contributed by atoms with van der Waals surface area (Å²) >= 11 is 1.32. The average Bonchev–Trinajstić information content (AvgIpc) is 3.06. The first-order valence-corrected chi connectivity index (χ1v) is 9.57. The van der Waals surface area contributed by atoms with E-state index in [0.29, 0.717) is 11.5 Å². The second-order valence-corrected chi connectivity index (χ2v) is 7.68. The molecule has 140 valence electrons. The molecule has 1 heterocycles. The molecule has 5 heteroatoms. The highest BCUT2D eigenvalue weighted by Gasteiger charge is 2.13. The number of rotatable bonds is 5. The van der Waals surface area contributed by atoms with Crippen LogP contribution in [0, 0.1) is 33.5 Å². The fraction of sp³-hybridized carbons (Fsp3) is 0.227. The van der Waals surface area contributed by atoms with Gasteiger partial charge in [-0.05, 0) is 68.0 Å². The molecule has 0 aliphatic rings. The van der Waals surface area contributed by atoms with Crippen molar-refractivity contribution in [2.75, 3.05) is 5.32 Å².